The van der Waals surface area contributed by atoms with Crippen LogP contribution in [0.2, 0.25) is 0 Å². The van der Waals surface area contributed by atoms with E-state index in [0.29, 0.717) is 6.42 Å². The Kier molecular flexibility index (Phi) is 6.62. The molecule has 0 saturated heterocycles. The standard InChI is InChI=1S/C13H24N2O3/c1-5-6-15(9-12(17)18)11(16)7-10(14)8-13(2,3)4/h5,10H,1,6-9,14H2,2-4H3,(H,17,18). The number of hydrogen-bond acceptors (Lipinski definition) is 3. The predicted molar refractivity (Wildman–Crippen MR) is 71.1 cm³/mol. The Hall–Kier alpha value is -1.36. The van der Waals surface area contributed by atoms with Crippen molar-refractivity contribution in [2.75, 3.05) is 13.1 Å². The summed E-state index contributed by atoms with van der Waals surface area (Å²) in [7, 11) is 0. The van der Waals surface area contributed by atoms with Crippen molar-refractivity contribution in [2.45, 2.75) is 39.7 Å². The van der Waals surface area contributed by atoms with E-state index in [-0.39, 0.29) is 36.9 Å². The maximum atomic E-state index is 11.9. The van der Waals surface area contributed by atoms with Crippen molar-refractivity contribution in [1.82, 2.24) is 4.90 Å². The number of carboxylic acids is 1. The Morgan fingerprint density at radius 3 is 2.39 bits per heavy atom. The van der Waals surface area contributed by atoms with E-state index in [0.717, 1.165) is 0 Å². The van der Waals surface area contributed by atoms with Crippen LogP contribution < -0.4 is 5.73 Å². The molecular formula is C13H24N2O3. The van der Waals surface area contributed by atoms with E-state index in [1.165, 1.54) is 11.0 Å². The number of aliphatic carboxylic acids is 1. The zero-order valence-corrected chi connectivity index (χ0v) is 11.5. The van der Waals surface area contributed by atoms with E-state index in [4.69, 9.17) is 10.8 Å². The van der Waals surface area contributed by atoms with Crippen LogP contribution in [0.15, 0.2) is 12.7 Å². The first-order chi connectivity index (χ1) is 8.15. The molecule has 0 fully saturated rings. The quantitative estimate of drug-likeness (QED) is 0.671. The zero-order chi connectivity index (χ0) is 14.3. The Morgan fingerprint density at radius 2 is 2.00 bits per heavy atom. The summed E-state index contributed by atoms with van der Waals surface area (Å²) in [5.74, 6) is -1.27. The molecule has 1 amide bonds. The van der Waals surface area contributed by atoms with Crippen LogP contribution in [0.1, 0.15) is 33.6 Å². The summed E-state index contributed by atoms with van der Waals surface area (Å²) in [5, 5.41) is 8.72. The number of carbonyl (C=O) groups is 2. The maximum absolute atomic E-state index is 11.9. The van der Waals surface area contributed by atoms with Gasteiger partial charge in [-0.3, -0.25) is 9.59 Å². The molecule has 5 heteroatoms. The van der Waals surface area contributed by atoms with Gasteiger partial charge in [0.05, 0.1) is 0 Å². The van der Waals surface area contributed by atoms with Crippen molar-refractivity contribution in [3.8, 4) is 0 Å². The van der Waals surface area contributed by atoms with Crippen LogP contribution in [0, 0.1) is 5.41 Å². The lowest BCUT2D eigenvalue weighted by molar-refractivity contribution is -0.144. The van der Waals surface area contributed by atoms with E-state index in [1.807, 2.05) is 0 Å². The first-order valence-electron chi connectivity index (χ1n) is 6.01. The summed E-state index contributed by atoms with van der Waals surface area (Å²) in [6.45, 7) is 9.58. The van der Waals surface area contributed by atoms with Crippen molar-refractivity contribution in [3.05, 3.63) is 12.7 Å². The van der Waals surface area contributed by atoms with E-state index < -0.39 is 5.97 Å². The van der Waals surface area contributed by atoms with Crippen LogP contribution in [0.4, 0.5) is 0 Å². The van der Waals surface area contributed by atoms with Crippen LogP contribution in [0.3, 0.4) is 0 Å². The third-order valence-corrected chi connectivity index (χ3v) is 2.34. The number of amides is 1. The lowest BCUT2D eigenvalue weighted by Crippen LogP contribution is -2.40. The topological polar surface area (TPSA) is 83.6 Å². The molecule has 0 aromatic rings. The molecule has 1 atom stereocenters. The molecule has 0 spiro atoms. The number of nitrogens with two attached hydrogens (primary N) is 1. The third kappa shape index (κ3) is 7.84. The summed E-state index contributed by atoms with van der Waals surface area (Å²) in [5.41, 5.74) is 5.96. The number of rotatable bonds is 7. The highest BCUT2D eigenvalue weighted by Gasteiger charge is 2.21. The van der Waals surface area contributed by atoms with Crippen LogP contribution in [-0.4, -0.2) is 41.0 Å². The van der Waals surface area contributed by atoms with Gasteiger partial charge in [0.1, 0.15) is 6.54 Å². The van der Waals surface area contributed by atoms with Gasteiger partial charge in [-0.2, -0.15) is 0 Å². The van der Waals surface area contributed by atoms with Gasteiger partial charge in [-0.05, 0) is 11.8 Å². The second-order valence-corrected chi connectivity index (χ2v) is 5.69. The van der Waals surface area contributed by atoms with Gasteiger partial charge in [0, 0.05) is 19.0 Å². The number of hydrogen-bond donors (Lipinski definition) is 2. The SMILES string of the molecule is C=CCN(CC(=O)O)C(=O)CC(N)CC(C)(C)C. The Bertz CT molecular complexity index is 308. The highest BCUT2D eigenvalue weighted by atomic mass is 16.4. The van der Waals surface area contributed by atoms with Gasteiger partial charge in [-0.25, -0.2) is 0 Å². The zero-order valence-electron chi connectivity index (χ0n) is 11.5. The molecule has 0 bridgehead atoms. The first-order valence-corrected chi connectivity index (χ1v) is 6.01. The van der Waals surface area contributed by atoms with Gasteiger partial charge in [0.25, 0.3) is 0 Å². The van der Waals surface area contributed by atoms with Crippen molar-refractivity contribution >= 4 is 11.9 Å². The monoisotopic (exact) mass is 256 g/mol. The van der Waals surface area contributed by atoms with Crippen LogP contribution in [0.5, 0.6) is 0 Å². The minimum Gasteiger partial charge on any atom is -0.480 e. The minimum atomic E-state index is -1.03. The molecule has 18 heavy (non-hydrogen) atoms. The van der Waals surface area contributed by atoms with E-state index in [2.05, 4.69) is 27.4 Å². The molecule has 0 aliphatic heterocycles. The fourth-order valence-corrected chi connectivity index (χ4v) is 1.79. The Morgan fingerprint density at radius 1 is 1.44 bits per heavy atom. The molecule has 5 nitrogen and oxygen atoms in total. The molecule has 1 unspecified atom stereocenters. The molecule has 0 aliphatic rings. The lowest BCUT2D eigenvalue weighted by atomic mass is 9.87. The molecule has 0 rings (SSSR count). The average Bonchev–Trinajstić information content (AvgIpc) is 2.12. The normalized spacial score (nSPS) is 12.9. The molecular weight excluding hydrogens is 232 g/mol. The van der Waals surface area contributed by atoms with Gasteiger partial charge in [0.2, 0.25) is 5.91 Å². The van der Waals surface area contributed by atoms with Crippen LogP contribution in [-0.2, 0) is 9.59 Å². The Balaban J connectivity index is 4.41. The molecule has 0 aliphatic carbocycles. The smallest absolute Gasteiger partial charge is 0.323 e. The highest BCUT2D eigenvalue weighted by molar-refractivity contribution is 5.81. The van der Waals surface area contributed by atoms with E-state index in [9.17, 15) is 9.59 Å². The largest absolute Gasteiger partial charge is 0.480 e. The fourth-order valence-electron chi connectivity index (χ4n) is 1.79. The number of carbonyl (C=O) groups excluding carboxylic acids is 1. The van der Waals surface area contributed by atoms with E-state index in [1.54, 1.807) is 0 Å². The second kappa shape index (κ2) is 7.16. The van der Waals surface area contributed by atoms with Crippen molar-refractivity contribution in [1.29, 1.82) is 0 Å². The number of carboxylic acid groups (broad SMARTS) is 1. The summed E-state index contributed by atoms with van der Waals surface area (Å²) < 4.78 is 0. The molecule has 0 aromatic carbocycles. The van der Waals surface area contributed by atoms with Crippen molar-refractivity contribution in [2.24, 2.45) is 11.1 Å². The van der Waals surface area contributed by atoms with Crippen LogP contribution >= 0.6 is 0 Å². The summed E-state index contributed by atoms with van der Waals surface area (Å²) >= 11 is 0. The molecule has 0 heterocycles. The molecule has 0 saturated carbocycles. The fraction of sp³-hybridized carbons (Fsp3) is 0.692. The molecule has 0 aromatic heterocycles. The van der Waals surface area contributed by atoms with Crippen molar-refractivity contribution < 1.29 is 14.7 Å². The maximum Gasteiger partial charge on any atom is 0.323 e. The highest BCUT2D eigenvalue weighted by Crippen LogP contribution is 2.21. The van der Waals surface area contributed by atoms with Gasteiger partial charge >= 0.3 is 5.97 Å². The van der Waals surface area contributed by atoms with Crippen molar-refractivity contribution in [3.63, 3.8) is 0 Å². The lowest BCUT2D eigenvalue weighted by Gasteiger charge is -2.25. The third-order valence-electron chi connectivity index (χ3n) is 2.34. The number of nitrogens with zero attached hydrogens (tertiary/aromatic N) is 1. The second-order valence-electron chi connectivity index (χ2n) is 5.69. The van der Waals surface area contributed by atoms with Crippen LogP contribution in [0.25, 0.3) is 0 Å². The van der Waals surface area contributed by atoms with Gasteiger partial charge < -0.3 is 15.7 Å². The summed E-state index contributed by atoms with van der Waals surface area (Å²) in [4.78, 5) is 23.8. The van der Waals surface area contributed by atoms with E-state index >= 15 is 0 Å². The van der Waals surface area contributed by atoms with Gasteiger partial charge in [-0.15, -0.1) is 6.58 Å². The summed E-state index contributed by atoms with van der Waals surface area (Å²) in [6, 6.07) is -0.251. The Labute approximate surface area is 109 Å². The predicted octanol–water partition coefficient (Wildman–Crippen LogP) is 1.24. The average molecular weight is 256 g/mol. The van der Waals surface area contributed by atoms with Gasteiger partial charge in [0.15, 0.2) is 0 Å². The molecule has 3 N–H and O–H groups in total. The van der Waals surface area contributed by atoms with Gasteiger partial charge in [-0.1, -0.05) is 26.8 Å². The first kappa shape index (κ1) is 16.6. The minimum absolute atomic E-state index is 0.0514. The molecule has 0 radical (unpaired) electrons. The molecule has 104 valence electrons. The summed E-state index contributed by atoms with van der Waals surface area (Å²) in [6.07, 6.45) is 2.39.